The maximum atomic E-state index is 14.2. The second-order valence-electron chi connectivity index (χ2n) is 9.00. The van der Waals surface area contributed by atoms with Gasteiger partial charge in [-0.1, -0.05) is 6.08 Å². The Morgan fingerprint density at radius 1 is 1.18 bits per heavy atom. The van der Waals surface area contributed by atoms with Gasteiger partial charge in [0.15, 0.2) is 5.78 Å². The van der Waals surface area contributed by atoms with E-state index in [2.05, 4.69) is 6.58 Å². The number of rotatable bonds is 11. The average Bonchev–Trinajstić information content (AvgIpc) is 3.51. The molecule has 0 N–H and O–H groups in total. The third-order valence-electron chi connectivity index (χ3n) is 6.63. The predicted octanol–water partition coefficient (Wildman–Crippen LogP) is 6.29. The molecule has 3 rings (SSSR count). The molecule has 0 unspecified atom stereocenters. The van der Waals surface area contributed by atoms with E-state index in [1.54, 1.807) is 12.1 Å². The van der Waals surface area contributed by atoms with Gasteiger partial charge in [0.2, 0.25) is 0 Å². The Bertz CT molecular complexity index is 833. The topological polar surface area (TPSA) is 29.5 Å². The van der Waals surface area contributed by atoms with Crippen LogP contribution in [-0.2, 0) is 0 Å². The Kier molecular flexibility index (Phi) is 8.13. The summed E-state index contributed by atoms with van der Waals surface area (Å²) >= 11 is 0. The van der Waals surface area contributed by atoms with Crippen LogP contribution >= 0.6 is 0 Å². The van der Waals surface area contributed by atoms with Crippen LogP contribution < -0.4 is 4.74 Å². The molecule has 1 heterocycles. The van der Waals surface area contributed by atoms with E-state index in [1.807, 2.05) is 0 Å². The van der Waals surface area contributed by atoms with Gasteiger partial charge in [-0.15, -0.1) is 6.58 Å². The zero-order chi connectivity index (χ0) is 24.2. The summed E-state index contributed by atoms with van der Waals surface area (Å²) in [6.45, 7) is 3.14. The molecule has 1 aliphatic carbocycles. The minimum absolute atomic E-state index is 0.0331. The molecule has 3 nitrogen and oxygen atoms in total. The van der Waals surface area contributed by atoms with Crippen LogP contribution in [0.5, 0.6) is 5.75 Å². The minimum Gasteiger partial charge on any atom is -0.493 e. The predicted molar refractivity (Wildman–Crippen MR) is 112 cm³/mol. The third-order valence-corrected chi connectivity index (χ3v) is 6.63. The smallest absolute Gasteiger partial charge is 0.454 e. The third kappa shape index (κ3) is 6.74. The molecule has 33 heavy (non-hydrogen) atoms. The number of hydrogen-bond acceptors (Lipinski definition) is 3. The van der Waals surface area contributed by atoms with Crippen molar-refractivity contribution < 1.29 is 35.9 Å². The van der Waals surface area contributed by atoms with Crippen molar-refractivity contribution in [3.63, 3.8) is 0 Å². The normalized spacial score (nSPS) is 22.2. The summed E-state index contributed by atoms with van der Waals surface area (Å²) in [5.41, 5.74) is 0.0331. The fourth-order valence-electron chi connectivity index (χ4n) is 4.60. The quantitative estimate of drug-likeness (QED) is 0.213. The number of ether oxygens (including phenoxy) is 1. The molecule has 0 amide bonds. The summed E-state index contributed by atoms with van der Waals surface area (Å²) in [4.78, 5) is 13.1. The molecule has 1 saturated heterocycles. The first-order valence-electron chi connectivity index (χ1n) is 11.2. The van der Waals surface area contributed by atoms with Gasteiger partial charge in [0.25, 0.3) is 0 Å². The van der Waals surface area contributed by atoms with Crippen molar-refractivity contribution in [3.05, 3.63) is 42.2 Å². The second-order valence-corrected chi connectivity index (χ2v) is 9.00. The number of halogens is 6. The number of carbonyl (C=O) groups is 1. The van der Waals surface area contributed by atoms with Crippen LogP contribution in [0.4, 0.5) is 26.3 Å². The van der Waals surface area contributed by atoms with E-state index in [4.69, 9.17) is 4.74 Å². The highest BCUT2D eigenvalue weighted by Gasteiger charge is 2.58. The van der Waals surface area contributed by atoms with Crippen molar-refractivity contribution in [2.24, 2.45) is 17.8 Å². The maximum Gasteiger partial charge on any atom is 0.454 e. The molecule has 1 aliphatic heterocycles. The van der Waals surface area contributed by atoms with Crippen LogP contribution in [0.25, 0.3) is 0 Å². The van der Waals surface area contributed by atoms with Crippen molar-refractivity contribution in [2.75, 3.05) is 26.2 Å². The average molecular weight is 477 g/mol. The first-order chi connectivity index (χ1) is 15.5. The zero-order valence-electron chi connectivity index (χ0n) is 18.4. The number of nitrogens with zero attached hydrogens (tertiary/aromatic N) is 1. The maximum absolute atomic E-state index is 14.2. The Morgan fingerprint density at radius 3 is 2.48 bits per heavy atom. The van der Waals surface area contributed by atoms with Gasteiger partial charge in [-0.3, -0.25) is 9.69 Å². The molecule has 0 radical (unpaired) electrons. The molecule has 9 heteroatoms. The summed E-state index contributed by atoms with van der Waals surface area (Å²) in [5.74, 6) is -4.06. The van der Waals surface area contributed by atoms with E-state index in [1.165, 1.54) is 17.0 Å². The van der Waals surface area contributed by atoms with Crippen molar-refractivity contribution in [2.45, 2.75) is 50.6 Å². The van der Waals surface area contributed by atoms with Gasteiger partial charge in [0.1, 0.15) is 11.6 Å². The molecular formula is C24H29F6NO2. The van der Waals surface area contributed by atoms with Gasteiger partial charge in [0, 0.05) is 12.5 Å². The number of alkyl halides is 5. The number of carbonyl (C=O) groups excluding carboxylic acids is 1. The monoisotopic (exact) mass is 477 g/mol. The molecule has 0 bridgehead atoms. The highest BCUT2D eigenvalue weighted by Crippen LogP contribution is 2.50. The molecule has 1 aromatic carbocycles. The van der Waals surface area contributed by atoms with Crippen LogP contribution in [0.2, 0.25) is 0 Å². The number of allylic oxidation sites excluding steroid dienone is 1. The number of benzene rings is 1. The molecule has 2 fully saturated rings. The van der Waals surface area contributed by atoms with E-state index in [0.29, 0.717) is 49.4 Å². The molecule has 1 aromatic rings. The summed E-state index contributed by atoms with van der Waals surface area (Å²) in [7, 11) is 0. The van der Waals surface area contributed by atoms with Crippen molar-refractivity contribution in [3.8, 4) is 5.75 Å². The van der Waals surface area contributed by atoms with Crippen LogP contribution in [0.1, 0.15) is 48.9 Å². The number of ketones is 1. The lowest BCUT2D eigenvalue weighted by Gasteiger charge is -2.34. The van der Waals surface area contributed by atoms with Gasteiger partial charge in [-0.25, -0.2) is 4.39 Å². The summed E-state index contributed by atoms with van der Waals surface area (Å²) < 4.78 is 83.5. The lowest BCUT2D eigenvalue weighted by atomic mass is 9.90. The SMILES string of the molecule is C=CCCC(=O)c1ccc(OCC[C@@H]2C[C@@H]2C2CCN(CC(F)(F)C(F)(F)F)CC2)cc1F. The molecule has 1 saturated carbocycles. The number of likely N-dealkylation sites (tertiary alicyclic amines) is 1. The standard InChI is InChI=1S/C24H29F6NO2/c1-2-3-4-22(32)19-6-5-18(14-21(19)25)33-12-9-17-13-20(17)16-7-10-31(11-8-16)15-23(26,27)24(28,29)30/h2,5-6,14,16-17,20H,1,3-4,7-13,15H2/t17-,20-/m1/s1. The zero-order valence-corrected chi connectivity index (χ0v) is 18.4. The van der Waals surface area contributed by atoms with Crippen LogP contribution in [0.3, 0.4) is 0 Å². The van der Waals surface area contributed by atoms with E-state index >= 15 is 0 Å². The summed E-state index contributed by atoms with van der Waals surface area (Å²) in [6, 6.07) is 4.20. The van der Waals surface area contributed by atoms with Crippen molar-refractivity contribution >= 4 is 5.78 Å². The minimum atomic E-state index is -5.52. The fraction of sp³-hybridized carbons (Fsp3) is 0.625. The van der Waals surface area contributed by atoms with Crippen LogP contribution in [-0.4, -0.2) is 49.0 Å². The van der Waals surface area contributed by atoms with E-state index in [-0.39, 0.29) is 30.9 Å². The molecule has 2 atom stereocenters. The second kappa shape index (κ2) is 10.5. The lowest BCUT2D eigenvalue weighted by Crippen LogP contribution is -2.49. The van der Waals surface area contributed by atoms with Crippen molar-refractivity contribution in [1.82, 2.24) is 4.90 Å². The Morgan fingerprint density at radius 2 is 1.88 bits per heavy atom. The molecule has 2 aliphatic rings. The largest absolute Gasteiger partial charge is 0.493 e. The Labute approximate surface area is 189 Å². The number of piperidine rings is 1. The molecule has 0 aromatic heterocycles. The highest BCUT2D eigenvalue weighted by atomic mass is 19.4. The Balaban J connectivity index is 1.37. The highest BCUT2D eigenvalue weighted by molar-refractivity contribution is 5.96. The van der Waals surface area contributed by atoms with Crippen LogP contribution in [0.15, 0.2) is 30.9 Å². The summed E-state index contributed by atoms with van der Waals surface area (Å²) in [5, 5.41) is 0. The first kappa shape index (κ1) is 25.6. The Hall–Kier alpha value is -2.03. The van der Waals surface area contributed by atoms with Gasteiger partial charge in [-0.05, 0) is 75.1 Å². The number of hydrogen-bond donors (Lipinski definition) is 0. The molecule has 0 spiro atoms. The first-order valence-corrected chi connectivity index (χ1v) is 11.2. The van der Waals surface area contributed by atoms with Crippen LogP contribution in [0, 0.1) is 23.6 Å². The number of Topliss-reactive ketones (excluding diaryl/α,β-unsaturated/α-hetero) is 1. The van der Waals surface area contributed by atoms with Gasteiger partial charge < -0.3 is 4.74 Å². The fourth-order valence-corrected chi connectivity index (χ4v) is 4.60. The van der Waals surface area contributed by atoms with Crippen molar-refractivity contribution in [1.29, 1.82) is 0 Å². The molecule has 184 valence electrons. The van der Waals surface area contributed by atoms with E-state index in [0.717, 1.165) is 12.8 Å². The summed E-state index contributed by atoms with van der Waals surface area (Å²) in [6.07, 6.45) is -0.253. The molecular weight excluding hydrogens is 448 g/mol. The van der Waals surface area contributed by atoms with Gasteiger partial charge >= 0.3 is 12.1 Å². The van der Waals surface area contributed by atoms with Gasteiger partial charge in [0.05, 0.1) is 18.7 Å². The lowest BCUT2D eigenvalue weighted by molar-refractivity contribution is -0.287. The van der Waals surface area contributed by atoms with Gasteiger partial charge in [-0.2, -0.15) is 22.0 Å². The van der Waals surface area contributed by atoms with E-state index < -0.39 is 24.5 Å². The van der Waals surface area contributed by atoms with E-state index in [9.17, 15) is 31.1 Å².